The fourth-order valence-electron chi connectivity index (χ4n) is 4.50. The zero-order valence-electron chi connectivity index (χ0n) is 20.1. The van der Waals surface area contributed by atoms with E-state index in [0.29, 0.717) is 30.6 Å². The number of fused-ring (bicyclic) bond motifs is 1. The van der Waals surface area contributed by atoms with Crippen LogP contribution in [0.25, 0.3) is 16.2 Å². The molecule has 0 radical (unpaired) electrons. The first-order valence-corrected chi connectivity index (χ1v) is 13.0. The Kier molecular flexibility index (Phi) is 6.31. The summed E-state index contributed by atoms with van der Waals surface area (Å²) < 4.78 is 56.6. The van der Waals surface area contributed by atoms with E-state index < -0.39 is 29.6 Å². The Labute approximate surface area is 232 Å². The lowest BCUT2D eigenvalue weighted by molar-refractivity contribution is -0.142. The van der Waals surface area contributed by atoms with Crippen LogP contribution in [0.5, 0.6) is 5.75 Å². The van der Waals surface area contributed by atoms with Crippen molar-refractivity contribution in [2.75, 3.05) is 0 Å². The van der Waals surface area contributed by atoms with E-state index >= 15 is 0 Å². The Morgan fingerprint density at radius 3 is 2.48 bits per heavy atom. The van der Waals surface area contributed by atoms with E-state index in [1.807, 2.05) is 0 Å². The van der Waals surface area contributed by atoms with E-state index in [2.05, 4.69) is 15.2 Å². The van der Waals surface area contributed by atoms with Crippen molar-refractivity contribution in [3.63, 3.8) is 0 Å². The second-order valence-corrected chi connectivity index (χ2v) is 10.6. The lowest BCUT2D eigenvalue weighted by Gasteiger charge is -2.21. The number of hydrogen-bond acceptors (Lipinski definition) is 6. The molecule has 0 bridgehead atoms. The fourth-order valence-corrected chi connectivity index (χ4v) is 5.51. The van der Waals surface area contributed by atoms with Gasteiger partial charge >= 0.3 is 6.18 Å². The summed E-state index contributed by atoms with van der Waals surface area (Å²) >= 11 is 7.03. The number of amides is 1. The fraction of sp³-hybridized carbons (Fsp3) is 0.111. The summed E-state index contributed by atoms with van der Waals surface area (Å²) in [5, 5.41) is 20.0. The van der Waals surface area contributed by atoms with E-state index in [1.54, 1.807) is 30.3 Å². The molecular weight excluding hydrogens is 570 g/mol. The van der Waals surface area contributed by atoms with E-state index in [1.165, 1.54) is 30.3 Å². The maximum absolute atomic E-state index is 14.0. The number of nitrogens with zero attached hydrogens (tertiary/aromatic N) is 5. The van der Waals surface area contributed by atoms with Crippen LogP contribution in [0.4, 0.5) is 17.6 Å². The molecule has 6 rings (SSSR count). The lowest BCUT2D eigenvalue weighted by atomic mass is 9.97. The first kappa shape index (κ1) is 26.0. The number of hydrogen-bond donors (Lipinski definition) is 1. The molecule has 1 N–H and O–H groups in total. The number of carbonyl (C=O) groups excluding carboxylic acids is 1. The maximum Gasteiger partial charge on any atom is 0.433 e. The van der Waals surface area contributed by atoms with Gasteiger partial charge < -0.3 is 5.11 Å². The zero-order valence-corrected chi connectivity index (χ0v) is 21.7. The molecule has 40 heavy (non-hydrogen) atoms. The number of phenolic OH excluding ortho intramolecular Hbond substituents is 1. The highest BCUT2D eigenvalue weighted by molar-refractivity contribution is 7.19. The summed E-state index contributed by atoms with van der Waals surface area (Å²) in [6.45, 7) is 0. The SMILES string of the molecule is O=C(c1cc2nc(-c3ccc(Cl)s3)cc(C(F)(F)F)n2n1)N1N=C(c2ccc(F)cc2)CC1c1ccccc1O. The number of alkyl halides is 3. The van der Waals surface area contributed by atoms with Crippen LogP contribution in [-0.2, 0) is 6.18 Å². The smallest absolute Gasteiger partial charge is 0.433 e. The summed E-state index contributed by atoms with van der Waals surface area (Å²) in [4.78, 5) is 18.5. The minimum atomic E-state index is -4.80. The molecule has 1 unspecified atom stereocenters. The molecule has 0 saturated carbocycles. The highest BCUT2D eigenvalue weighted by Crippen LogP contribution is 2.39. The highest BCUT2D eigenvalue weighted by atomic mass is 35.5. The topological polar surface area (TPSA) is 83.1 Å². The average molecular weight is 586 g/mol. The Bertz CT molecular complexity index is 1800. The van der Waals surface area contributed by atoms with Crippen LogP contribution >= 0.6 is 22.9 Å². The van der Waals surface area contributed by atoms with Gasteiger partial charge in [-0.25, -0.2) is 18.9 Å². The lowest BCUT2D eigenvalue weighted by Crippen LogP contribution is -2.27. The van der Waals surface area contributed by atoms with E-state index in [4.69, 9.17) is 11.6 Å². The van der Waals surface area contributed by atoms with Gasteiger partial charge in [-0.2, -0.15) is 23.4 Å². The number of thiophene rings is 1. The summed E-state index contributed by atoms with van der Waals surface area (Å²) in [6, 6.07) is 16.2. The number of rotatable bonds is 4. The van der Waals surface area contributed by atoms with Crippen molar-refractivity contribution in [2.24, 2.45) is 5.10 Å². The predicted octanol–water partition coefficient (Wildman–Crippen LogP) is 6.97. The molecule has 7 nitrogen and oxygen atoms in total. The molecule has 0 saturated heterocycles. The molecule has 3 aromatic heterocycles. The third-order valence-electron chi connectivity index (χ3n) is 6.35. The molecule has 5 aromatic rings. The average Bonchev–Trinajstić information content (AvgIpc) is 3.66. The number of hydrazone groups is 1. The standard InChI is InChI=1S/C27H16ClF4N5O2S/c28-24-10-9-22(40-24)18-12-23(27(30,31)32)37-25(33-18)13-19(35-37)26(39)36-20(16-3-1-2-4-21(16)38)11-17(34-36)14-5-7-15(29)8-6-14/h1-10,12-13,20,38H,11H2. The highest BCUT2D eigenvalue weighted by Gasteiger charge is 2.38. The van der Waals surface area contributed by atoms with Gasteiger partial charge in [0.05, 0.1) is 26.7 Å². The number of aromatic hydroxyl groups is 1. The molecule has 202 valence electrons. The van der Waals surface area contributed by atoms with Crippen molar-refractivity contribution in [3.8, 4) is 16.3 Å². The van der Waals surface area contributed by atoms with Crippen molar-refractivity contribution in [3.05, 3.63) is 105 Å². The molecule has 0 fully saturated rings. The number of carbonyl (C=O) groups is 1. The Balaban J connectivity index is 1.46. The number of para-hydroxylation sites is 1. The van der Waals surface area contributed by atoms with Gasteiger partial charge in [0.2, 0.25) is 0 Å². The van der Waals surface area contributed by atoms with Crippen LogP contribution in [-0.4, -0.2) is 36.3 Å². The Hall–Kier alpha value is -4.29. The van der Waals surface area contributed by atoms with Crippen molar-refractivity contribution >= 4 is 40.2 Å². The largest absolute Gasteiger partial charge is 0.508 e. The molecule has 0 spiro atoms. The van der Waals surface area contributed by atoms with Gasteiger partial charge in [-0.1, -0.05) is 41.9 Å². The molecule has 0 aliphatic carbocycles. The summed E-state index contributed by atoms with van der Waals surface area (Å²) in [5.74, 6) is -1.34. The molecular formula is C27H16ClF4N5O2S. The maximum atomic E-state index is 14.0. The Morgan fingerprint density at radius 2 is 1.80 bits per heavy atom. The van der Waals surface area contributed by atoms with Crippen LogP contribution in [0.2, 0.25) is 4.34 Å². The van der Waals surface area contributed by atoms with E-state index in [9.17, 15) is 27.5 Å². The molecule has 1 aliphatic rings. The number of benzene rings is 2. The van der Waals surface area contributed by atoms with Gasteiger partial charge in [-0.3, -0.25) is 4.79 Å². The number of aromatic nitrogens is 3. The molecule has 13 heteroatoms. The van der Waals surface area contributed by atoms with Gasteiger partial charge in [-0.15, -0.1) is 11.3 Å². The number of phenols is 1. The van der Waals surface area contributed by atoms with Crippen molar-refractivity contribution in [2.45, 2.75) is 18.6 Å². The Morgan fingerprint density at radius 1 is 1.05 bits per heavy atom. The van der Waals surface area contributed by atoms with E-state index in [-0.39, 0.29) is 29.2 Å². The monoisotopic (exact) mass is 585 g/mol. The molecule has 1 atom stereocenters. The van der Waals surface area contributed by atoms with E-state index in [0.717, 1.165) is 28.5 Å². The van der Waals surface area contributed by atoms with Gasteiger partial charge in [0.15, 0.2) is 17.0 Å². The summed E-state index contributed by atoms with van der Waals surface area (Å²) in [5.41, 5.74) is -0.261. The van der Waals surface area contributed by atoms with Crippen molar-refractivity contribution in [1.82, 2.24) is 19.6 Å². The molecule has 1 amide bonds. The van der Waals surface area contributed by atoms with Crippen molar-refractivity contribution in [1.29, 1.82) is 0 Å². The zero-order chi connectivity index (χ0) is 28.2. The van der Waals surface area contributed by atoms with Crippen LogP contribution in [0.1, 0.15) is 39.8 Å². The second kappa shape index (κ2) is 9.72. The van der Waals surface area contributed by atoms with Gasteiger partial charge in [0.1, 0.15) is 11.6 Å². The van der Waals surface area contributed by atoms with Crippen LogP contribution in [0.3, 0.4) is 0 Å². The third-order valence-corrected chi connectivity index (χ3v) is 7.61. The molecule has 2 aromatic carbocycles. The minimum absolute atomic E-state index is 0.0282. The number of halogens is 5. The third kappa shape index (κ3) is 4.69. The second-order valence-electron chi connectivity index (χ2n) is 8.91. The molecule has 4 heterocycles. The normalized spacial score (nSPS) is 15.6. The molecule has 1 aliphatic heterocycles. The van der Waals surface area contributed by atoms with Gasteiger partial charge in [0, 0.05) is 18.1 Å². The van der Waals surface area contributed by atoms with Crippen molar-refractivity contribution < 1.29 is 27.5 Å². The van der Waals surface area contributed by atoms with Crippen LogP contribution in [0, 0.1) is 5.82 Å². The quantitative estimate of drug-likeness (QED) is 0.231. The first-order valence-electron chi connectivity index (χ1n) is 11.8. The van der Waals surface area contributed by atoms with Gasteiger partial charge in [0.25, 0.3) is 5.91 Å². The minimum Gasteiger partial charge on any atom is -0.508 e. The van der Waals surface area contributed by atoms with Gasteiger partial charge in [-0.05, 0) is 42.0 Å². The van der Waals surface area contributed by atoms with Crippen LogP contribution < -0.4 is 0 Å². The van der Waals surface area contributed by atoms with Crippen LogP contribution in [0.15, 0.2) is 77.9 Å². The first-order chi connectivity index (χ1) is 19.1. The predicted molar refractivity (Wildman–Crippen MR) is 141 cm³/mol. The summed E-state index contributed by atoms with van der Waals surface area (Å²) in [7, 11) is 0. The summed E-state index contributed by atoms with van der Waals surface area (Å²) in [6.07, 6.45) is -4.64.